The van der Waals surface area contributed by atoms with E-state index in [1.54, 1.807) is 6.07 Å². The van der Waals surface area contributed by atoms with Crippen LogP contribution in [0.1, 0.15) is 31.2 Å². The molecule has 2 aromatic rings. The fourth-order valence-electron chi connectivity index (χ4n) is 1.88. The molecule has 0 amide bonds. The Hall–Kier alpha value is -1.81. The Morgan fingerprint density at radius 1 is 1.26 bits per heavy atom. The van der Waals surface area contributed by atoms with Crippen molar-refractivity contribution in [1.82, 2.24) is 0 Å². The minimum atomic E-state index is -0.313. The molecule has 2 N–H and O–H groups in total. The maximum absolute atomic E-state index is 11.9. The molecule has 0 fully saturated rings. The van der Waals surface area contributed by atoms with Crippen molar-refractivity contribution in [2.24, 2.45) is 0 Å². The van der Waals surface area contributed by atoms with Crippen molar-refractivity contribution in [2.45, 2.75) is 27.4 Å². The number of hydrogen-bond acceptors (Lipinski definition) is 4. The summed E-state index contributed by atoms with van der Waals surface area (Å²) in [4.78, 5) is 13.4. The molecule has 0 aliphatic carbocycles. The van der Waals surface area contributed by atoms with Crippen LogP contribution in [0.25, 0.3) is 0 Å². The highest BCUT2D eigenvalue weighted by atomic mass is 32.1. The minimum absolute atomic E-state index is 0.300. The molecule has 0 radical (unpaired) electrons. The molecule has 100 valence electrons. The number of esters is 1. The lowest BCUT2D eigenvalue weighted by atomic mass is 10.0. The molecule has 0 unspecified atom stereocenters. The van der Waals surface area contributed by atoms with E-state index in [0.717, 1.165) is 21.6 Å². The molecule has 1 aromatic heterocycles. The first kappa shape index (κ1) is 13.6. The number of aryl methyl sites for hydroxylation is 3. The summed E-state index contributed by atoms with van der Waals surface area (Å²) in [5.74, 6) is -0.313. The standard InChI is InChI=1S/C15H17NO2S/c1-9-5-4-6-10(2)12(9)8-18-15(17)14-7-13(16)11(3)19-14/h4-7H,8,16H2,1-3H3. The van der Waals surface area contributed by atoms with Crippen LogP contribution < -0.4 is 5.73 Å². The molecule has 0 spiro atoms. The van der Waals surface area contributed by atoms with Crippen molar-refractivity contribution in [2.75, 3.05) is 5.73 Å². The van der Waals surface area contributed by atoms with Crippen molar-refractivity contribution < 1.29 is 9.53 Å². The first-order valence-corrected chi connectivity index (χ1v) is 6.89. The zero-order chi connectivity index (χ0) is 14.0. The van der Waals surface area contributed by atoms with E-state index in [9.17, 15) is 4.79 Å². The minimum Gasteiger partial charge on any atom is -0.457 e. The molecular formula is C15H17NO2S. The van der Waals surface area contributed by atoms with E-state index in [2.05, 4.69) is 0 Å². The predicted octanol–water partition coefficient (Wildman–Crippen LogP) is 3.61. The normalized spacial score (nSPS) is 10.5. The zero-order valence-electron chi connectivity index (χ0n) is 11.3. The van der Waals surface area contributed by atoms with Crippen LogP contribution in [0.2, 0.25) is 0 Å². The van der Waals surface area contributed by atoms with E-state index in [0.29, 0.717) is 17.2 Å². The second-order valence-electron chi connectivity index (χ2n) is 4.57. The molecule has 0 aliphatic rings. The number of benzene rings is 1. The largest absolute Gasteiger partial charge is 0.457 e. The summed E-state index contributed by atoms with van der Waals surface area (Å²) < 4.78 is 5.36. The Labute approximate surface area is 117 Å². The second-order valence-corrected chi connectivity index (χ2v) is 5.82. The Morgan fingerprint density at radius 3 is 2.42 bits per heavy atom. The highest BCUT2D eigenvalue weighted by molar-refractivity contribution is 7.14. The van der Waals surface area contributed by atoms with Crippen LogP contribution in [-0.4, -0.2) is 5.97 Å². The molecular weight excluding hydrogens is 258 g/mol. The molecule has 0 saturated heterocycles. The number of carbonyl (C=O) groups is 1. The van der Waals surface area contributed by atoms with Gasteiger partial charge in [-0.05, 0) is 43.5 Å². The average Bonchev–Trinajstić information content (AvgIpc) is 2.69. The van der Waals surface area contributed by atoms with Crippen molar-refractivity contribution in [3.63, 3.8) is 0 Å². The Bertz CT molecular complexity index is 577. The lowest BCUT2D eigenvalue weighted by Crippen LogP contribution is -2.05. The van der Waals surface area contributed by atoms with Gasteiger partial charge in [0.25, 0.3) is 0 Å². The Morgan fingerprint density at radius 2 is 1.89 bits per heavy atom. The number of carbonyl (C=O) groups excluding carboxylic acids is 1. The van der Waals surface area contributed by atoms with E-state index in [4.69, 9.17) is 10.5 Å². The number of anilines is 1. The van der Waals surface area contributed by atoms with E-state index < -0.39 is 0 Å². The third kappa shape index (κ3) is 2.96. The van der Waals surface area contributed by atoms with Gasteiger partial charge in [-0.1, -0.05) is 18.2 Å². The maximum atomic E-state index is 11.9. The van der Waals surface area contributed by atoms with E-state index in [1.807, 2.05) is 39.0 Å². The van der Waals surface area contributed by atoms with Crippen molar-refractivity contribution in [1.29, 1.82) is 0 Å². The average molecular weight is 275 g/mol. The molecule has 1 aromatic carbocycles. The number of nitrogens with two attached hydrogens (primary N) is 1. The number of ether oxygens (including phenoxy) is 1. The maximum Gasteiger partial charge on any atom is 0.348 e. The summed E-state index contributed by atoms with van der Waals surface area (Å²) in [7, 11) is 0. The van der Waals surface area contributed by atoms with Crippen LogP contribution in [0, 0.1) is 20.8 Å². The van der Waals surface area contributed by atoms with Gasteiger partial charge in [-0.2, -0.15) is 0 Å². The number of nitrogen functional groups attached to an aromatic ring is 1. The van der Waals surface area contributed by atoms with Crippen molar-refractivity contribution >= 4 is 23.0 Å². The van der Waals surface area contributed by atoms with Gasteiger partial charge < -0.3 is 10.5 Å². The first-order valence-electron chi connectivity index (χ1n) is 6.07. The molecule has 0 bridgehead atoms. The summed E-state index contributed by atoms with van der Waals surface area (Å²) in [6, 6.07) is 7.71. The monoisotopic (exact) mass is 275 g/mol. The fraction of sp³-hybridized carbons (Fsp3) is 0.267. The first-order chi connectivity index (χ1) is 8.99. The summed E-state index contributed by atoms with van der Waals surface area (Å²) in [6.07, 6.45) is 0. The highest BCUT2D eigenvalue weighted by Gasteiger charge is 2.13. The lowest BCUT2D eigenvalue weighted by molar-refractivity contribution is 0.0477. The molecule has 4 heteroatoms. The van der Waals surface area contributed by atoms with Crippen LogP contribution >= 0.6 is 11.3 Å². The summed E-state index contributed by atoms with van der Waals surface area (Å²) in [5.41, 5.74) is 9.71. The van der Waals surface area contributed by atoms with Gasteiger partial charge in [-0.3, -0.25) is 0 Å². The smallest absolute Gasteiger partial charge is 0.348 e. The van der Waals surface area contributed by atoms with Crippen LogP contribution in [0.3, 0.4) is 0 Å². The van der Waals surface area contributed by atoms with Crippen LogP contribution in [0.5, 0.6) is 0 Å². The van der Waals surface area contributed by atoms with Crippen LogP contribution in [-0.2, 0) is 11.3 Å². The van der Waals surface area contributed by atoms with Gasteiger partial charge in [0, 0.05) is 10.6 Å². The van der Waals surface area contributed by atoms with E-state index >= 15 is 0 Å². The molecule has 19 heavy (non-hydrogen) atoms. The van der Waals surface area contributed by atoms with Gasteiger partial charge in [0.2, 0.25) is 0 Å². The lowest BCUT2D eigenvalue weighted by Gasteiger charge is -2.09. The number of hydrogen-bond donors (Lipinski definition) is 1. The SMILES string of the molecule is Cc1cccc(C)c1COC(=O)c1cc(N)c(C)s1. The number of rotatable bonds is 3. The topological polar surface area (TPSA) is 52.3 Å². The van der Waals surface area contributed by atoms with Gasteiger partial charge >= 0.3 is 5.97 Å². The third-order valence-corrected chi connectivity index (χ3v) is 4.20. The number of thiophene rings is 1. The summed E-state index contributed by atoms with van der Waals surface area (Å²) in [5, 5.41) is 0. The third-order valence-electron chi connectivity index (χ3n) is 3.15. The van der Waals surface area contributed by atoms with Gasteiger partial charge in [0.15, 0.2) is 0 Å². The molecule has 0 atom stereocenters. The highest BCUT2D eigenvalue weighted by Crippen LogP contribution is 2.24. The quantitative estimate of drug-likeness (QED) is 0.870. The van der Waals surface area contributed by atoms with Gasteiger partial charge in [0.05, 0.1) is 0 Å². The Balaban J connectivity index is 2.08. The zero-order valence-corrected chi connectivity index (χ0v) is 12.1. The summed E-state index contributed by atoms with van der Waals surface area (Å²) >= 11 is 1.37. The van der Waals surface area contributed by atoms with Crippen LogP contribution in [0.4, 0.5) is 5.69 Å². The molecule has 0 aliphatic heterocycles. The predicted molar refractivity (Wildman–Crippen MR) is 78.5 cm³/mol. The Kier molecular flexibility index (Phi) is 3.90. The fourth-order valence-corrected chi connectivity index (χ4v) is 2.72. The second kappa shape index (κ2) is 5.45. The van der Waals surface area contributed by atoms with Gasteiger partial charge in [0.1, 0.15) is 11.5 Å². The molecule has 3 nitrogen and oxygen atoms in total. The van der Waals surface area contributed by atoms with Crippen molar-refractivity contribution in [3.8, 4) is 0 Å². The van der Waals surface area contributed by atoms with Crippen LogP contribution in [0.15, 0.2) is 24.3 Å². The van der Waals surface area contributed by atoms with Gasteiger partial charge in [-0.25, -0.2) is 4.79 Å². The van der Waals surface area contributed by atoms with Gasteiger partial charge in [-0.15, -0.1) is 11.3 Å². The molecule has 2 rings (SSSR count). The molecule has 1 heterocycles. The molecule has 0 saturated carbocycles. The van der Waals surface area contributed by atoms with E-state index in [1.165, 1.54) is 11.3 Å². The van der Waals surface area contributed by atoms with Crippen molar-refractivity contribution in [3.05, 3.63) is 50.7 Å². The van der Waals surface area contributed by atoms with E-state index in [-0.39, 0.29) is 5.97 Å². The summed E-state index contributed by atoms with van der Waals surface area (Å²) in [6.45, 7) is 6.23.